The van der Waals surface area contributed by atoms with Crippen molar-refractivity contribution in [1.29, 1.82) is 0 Å². The highest BCUT2D eigenvalue weighted by Gasteiger charge is 2.27. The fourth-order valence-electron chi connectivity index (χ4n) is 4.40. The van der Waals surface area contributed by atoms with Crippen LogP contribution in [0.15, 0.2) is 60.7 Å². The smallest absolute Gasteiger partial charge is 0.328 e. The maximum Gasteiger partial charge on any atom is 0.328 e. The number of hydrogen-bond donors (Lipinski definition) is 6. The molecule has 10 nitrogen and oxygen atoms in total. The zero-order valence-electron chi connectivity index (χ0n) is 21.0. The van der Waals surface area contributed by atoms with E-state index in [1.54, 1.807) is 18.2 Å². The maximum atomic E-state index is 12.9. The molecule has 3 aromatic rings. The average Bonchev–Trinajstić information content (AvgIpc) is 3.32. The van der Waals surface area contributed by atoms with Crippen molar-refractivity contribution in [1.82, 2.24) is 21.3 Å². The first-order chi connectivity index (χ1) is 19.1. The topological polar surface area (TPSA) is 157 Å². The first-order valence-corrected chi connectivity index (χ1v) is 13.1. The van der Waals surface area contributed by atoms with Gasteiger partial charge in [-0.15, -0.1) is 0 Å². The summed E-state index contributed by atoms with van der Waals surface area (Å²) in [6.07, 6.45) is 1.55. The van der Waals surface area contributed by atoms with E-state index in [0.29, 0.717) is 5.56 Å². The molecule has 0 fully saturated rings. The van der Waals surface area contributed by atoms with Gasteiger partial charge in [-0.2, -0.15) is 0 Å². The predicted octanol–water partition coefficient (Wildman–Crippen LogP) is 3.80. The minimum atomic E-state index is -1.48. The average molecular weight is 585 g/mol. The molecule has 4 amide bonds. The van der Waals surface area contributed by atoms with Crippen LogP contribution in [0.3, 0.4) is 0 Å². The summed E-state index contributed by atoms with van der Waals surface area (Å²) in [5.41, 5.74) is 2.50. The number of aliphatic carboxylic acids is 1. The molecule has 0 aliphatic heterocycles. The molecule has 0 heterocycles. The van der Waals surface area contributed by atoms with Gasteiger partial charge < -0.3 is 31.5 Å². The third kappa shape index (κ3) is 6.83. The Morgan fingerprint density at radius 1 is 0.925 bits per heavy atom. The summed E-state index contributed by atoms with van der Waals surface area (Å²) in [5.74, 6) is -2.81. The predicted molar refractivity (Wildman–Crippen MR) is 149 cm³/mol. The van der Waals surface area contributed by atoms with Crippen LogP contribution < -0.4 is 21.3 Å². The van der Waals surface area contributed by atoms with Crippen molar-refractivity contribution < 1.29 is 29.4 Å². The molecule has 1 aliphatic rings. The van der Waals surface area contributed by atoms with Gasteiger partial charge >= 0.3 is 12.0 Å². The minimum Gasteiger partial charge on any atom is -0.508 e. The standard InChI is InChI=1S/C28H26Cl2N4O6/c29-19-11-17(25(36)31-13-16-6-2-4-8-23(16)35)12-20(30)24(19)26(37)33-22(27(38)39)14-32-28(40)34-21-10-9-15-5-1-3-7-18(15)21/h1-8,11-12,21-22,35H,9-10,13-14H2,(H,31,36)(H,33,37)(H,38,39)(H2,32,34,40). The molecule has 6 N–H and O–H groups in total. The van der Waals surface area contributed by atoms with E-state index in [1.807, 2.05) is 24.3 Å². The van der Waals surface area contributed by atoms with Crippen LogP contribution in [-0.4, -0.2) is 46.6 Å². The molecule has 0 saturated heterocycles. The summed E-state index contributed by atoms with van der Waals surface area (Å²) in [5, 5.41) is 29.3. The summed E-state index contributed by atoms with van der Waals surface area (Å²) in [4.78, 5) is 49.7. The zero-order chi connectivity index (χ0) is 28.8. The molecule has 0 aromatic heterocycles. The van der Waals surface area contributed by atoms with E-state index >= 15 is 0 Å². The van der Waals surface area contributed by atoms with Gasteiger partial charge in [0.05, 0.1) is 28.2 Å². The van der Waals surface area contributed by atoms with E-state index in [0.717, 1.165) is 24.0 Å². The number of nitrogens with one attached hydrogen (secondary N) is 4. The number of halogens is 2. The number of phenols is 1. The summed E-state index contributed by atoms with van der Waals surface area (Å²) in [6.45, 7) is -0.361. The molecule has 3 aromatic carbocycles. The fourth-order valence-corrected chi connectivity index (χ4v) is 5.06. The van der Waals surface area contributed by atoms with E-state index in [4.69, 9.17) is 23.2 Å². The number of urea groups is 1. The number of amides is 4. The monoisotopic (exact) mass is 584 g/mol. The lowest BCUT2D eigenvalue weighted by atomic mass is 10.1. The molecule has 2 atom stereocenters. The van der Waals surface area contributed by atoms with E-state index < -0.39 is 36.4 Å². The maximum absolute atomic E-state index is 12.9. The van der Waals surface area contributed by atoms with E-state index in [2.05, 4.69) is 21.3 Å². The Balaban J connectivity index is 1.35. The number of rotatable bonds is 9. The van der Waals surface area contributed by atoms with Crippen molar-refractivity contribution in [2.24, 2.45) is 0 Å². The highest BCUT2D eigenvalue weighted by molar-refractivity contribution is 6.40. The Labute approximate surface area is 239 Å². The first kappa shape index (κ1) is 28.7. The van der Waals surface area contributed by atoms with Crippen LogP contribution in [0, 0.1) is 0 Å². The highest BCUT2D eigenvalue weighted by atomic mass is 35.5. The van der Waals surface area contributed by atoms with Gasteiger partial charge in [-0.3, -0.25) is 9.59 Å². The number of carbonyl (C=O) groups is 4. The second kappa shape index (κ2) is 12.7. The largest absolute Gasteiger partial charge is 0.508 e. The van der Waals surface area contributed by atoms with Crippen molar-refractivity contribution in [3.8, 4) is 5.75 Å². The normalized spacial score (nSPS) is 14.5. The second-order valence-electron chi connectivity index (χ2n) is 9.14. The lowest BCUT2D eigenvalue weighted by molar-refractivity contribution is -0.139. The summed E-state index contributed by atoms with van der Waals surface area (Å²) < 4.78 is 0. The van der Waals surface area contributed by atoms with E-state index in [1.165, 1.54) is 18.2 Å². The van der Waals surface area contributed by atoms with Crippen LogP contribution in [-0.2, 0) is 17.8 Å². The number of aromatic hydroxyl groups is 1. The van der Waals surface area contributed by atoms with Crippen LogP contribution in [0.2, 0.25) is 10.0 Å². The number of carboxylic acids is 1. The lowest BCUT2D eigenvalue weighted by Gasteiger charge is -2.19. The number of carbonyl (C=O) groups excluding carboxylic acids is 3. The van der Waals surface area contributed by atoms with Crippen LogP contribution >= 0.6 is 23.2 Å². The Morgan fingerprint density at radius 2 is 1.60 bits per heavy atom. The van der Waals surface area contributed by atoms with Crippen LogP contribution in [0.5, 0.6) is 5.75 Å². The fraction of sp³-hybridized carbons (Fsp3) is 0.214. The van der Waals surface area contributed by atoms with Gasteiger partial charge in [0.25, 0.3) is 11.8 Å². The number of aryl methyl sites for hydroxylation is 1. The first-order valence-electron chi connectivity index (χ1n) is 12.3. The number of para-hydroxylation sites is 1. The Bertz CT molecular complexity index is 1440. The Kier molecular flexibility index (Phi) is 9.13. The van der Waals surface area contributed by atoms with Gasteiger partial charge in [-0.05, 0) is 42.2 Å². The van der Waals surface area contributed by atoms with Gasteiger partial charge in [-0.1, -0.05) is 65.7 Å². The number of benzene rings is 3. The Hall–Kier alpha value is -4.28. The zero-order valence-corrected chi connectivity index (χ0v) is 22.6. The van der Waals surface area contributed by atoms with Gasteiger partial charge in [-0.25, -0.2) is 9.59 Å². The molecule has 208 valence electrons. The second-order valence-corrected chi connectivity index (χ2v) is 9.95. The third-order valence-electron chi connectivity index (χ3n) is 6.47. The van der Waals surface area contributed by atoms with Gasteiger partial charge in [0.1, 0.15) is 11.8 Å². The number of fused-ring (bicyclic) bond motifs is 1. The minimum absolute atomic E-state index is 0.0229. The molecule has 0 saturated carbocycles. The van der Waals surface area contributed by atoms with Crippen molar-refractivity contribution >= 4 is 47.0 Å². The molecule has 0 spiro atoms. The van der Waals surface area contributed by atoms with Crippen LogP contribution in [0.1, 0.15) is 49.9 Å². The van der Waals surface area contributed by atoms with Gasteiger partial charge in [0.15, 0.2) is 0 Å². The molecular formula is C28H26Cl2N4O6. The molecule has 1 aliphatic carbocycles. The van der Waals surface area contributed by atoms with E-state index in [-0.39, 0.29) is 39.5 Å². The molecule has 0 bridgehead atoms. The highest BCUT2D eigenvalue weighted by Crippen LogP contribution is 2.30. The van der Waals surface area contributed by atoms with Gasteiger partial charge in [0.2, 0.25) is 0 Å². The molecule has 4 rings (SSSR count). The third-order valence-corrected chi connectivity index (χ3v) is 7.07. The van der Waals surface area contributed by atoms with E-state index in [9.17, 15) is 29.4 Å². The molecule has 40 heavy (non-hydrogen) atoms. The van der Waals surface area contributed by atoms with Crippen molar-refractivity contribution in [3.05, 3.63) is 98.5 Å². The SMILES string of the molecule is O=C(NCC(NC(=O)c1c(Cl)cc(C(=O)NCc2ccccc2O)cc1Cl)C(=O)O)NC1CCc2ccccc21. The van der Waals surface area contributed by atoms with Crippen molar-refractivity contribution in [3.63, 3.8) is 0 Å². The molecular weight excluding hydrogens is 559 g/mol. The number of hydrogen-bond acceptors (Lipinski definition) is 5. The van der Waals surface area contributed by atoms with Crippen molar-refractivity contribution in [2.75, 3.05) is 6.54 Å². The summed E-state index contributed by atoms with van der Waals surface area (Å²) in [6, 6.07) is 14.5. The van der Waals surface area contributed by atoms with Crippen molar-refractivity contribution in [2.45, 2.75) is 31.5 Å². The molecule has 2 unspecified atom stereocenters. The van der Waals surface area contributed by atoms with Crippen LogP contribution in [0.4, 0.5) is 4.79 Å². The Morgan fingerprint density at radius 3 is 2.30 bits per heavy atom. The lowest BCUT2D eigenvalue weighted by Crippen LogP contribution is -2.50. The van der Waals surface area contributed by atoms with Crippen LogP contribution in [0.25, 0.3) is 0 Å². The number of phenolic OH excluding ortho intramolecular Hbond substituents is 1. The number of carboxylic acid groups (broad SMARTS) is 1. The van der Waals surface area contributed by atoms with Gasteiger partial charge in [0, 0.05) is 17.7 Å². The summed E-state index contributed by atoms with van der Waals surface area (Å²) >= 11 is 12.5. The molecule has 0 radical (unpaired) electrons. The molecule has 12 heteroatoms. The summed E-state index contributed by atoms with van der Waals surface area (Å²) in [7, 11) is 0. The quantitative estimate of drug-likeness (QED) is 0.224.